The van der Waals surface area contributed by atoms with Crippen LogP contribution in [-0.2, 0) is 0 Å². The Morgan fingerprint density at radius 2 is 1.55 bits per heavy atom. The van der Waals surface area contributed by atoms with Crippen molar-refractivity contribution in [3.05, 3.63) is 87.6 Å². The van der Waals surface area contributed by atoms with Crippen LogP contribution in [0.15, 0.2) is 76.0 Å². The molecule has 0 spiro atoms. The van der Waals surface area contributed by atoms with Gasteiger partial charge in [0, 0.05) is 22.1 Å². The molecule has 6 rings (SSSR count). The van der Waals surface area contributed by atoms with Crippen molar-refractivity contribution in [1.82, 2.24) is 0 Å². The van der Waals surface area contributed by atoms with Crippen molar-refractivity contribution in [2.45, 2.75) is 0 Å². The SMILES string of the molecule is O=C1C(=Cc2cc3oc(-c4cccs4)cc3s2)C(=O)c2cc3ccccc3cc21. The van der Waals surface area contributed by atoms with Crippen LogP contribution < -0.4 is 0 Å². The maximum atomic E-state index is 12.9. The molecule has 0 saturated heterocycles. The number of carbonyl (C=O) groups is 2. The molecule has 0 radical (unpaired) electrons. The summed E-state index contributed by atoms with van der Waals surface area (Å²) in [6.07, 6.45) is 1.69. The molecule has 1 aliphatic carbocycles. The zero-order valence-electron chi connectivity index (χ0n) is 15.0. The van der Waals surface area contributed by atoms with Gasteiger partial charge >= 0.3 is 0 Å². The van der Waals surface area contributed by atoms with Gasteiger partial charge in [0.15, 0.2) is 11.6 Å². The number of furan rings is 1. The zero-order chi connectivity index (χ0) is 19.5. The molecule has 5 aromatic rings. The number of allylic oxidation sites excluding steroid dienone is 1. The fourth-order valence-corrected chi connectivity index (χ4v) is 5.39. The molecule has 1 aliphatic rings. The Morgan fingerprint density at radius 1 is 0.828 bits per heavy atom. The molecule has 29 heavy (non-hydrogen) atoms. The molecule has 138 valence electrons. The standard InChI is InChI=1S/C24H12O3S2/c25-23-16-8-13-4-1-2-5-14(13)9-17(16)24(26)18(23)10-15-11-19-22(29-15)12-20(27-19)21-6-3-7-28-21/h1-12H. The monoisotopic (exact) mass is 412 g/mol. The summed E-state index contributed by atoms with van der Waals surface area (Å²) in [6.45, 7) is 0. The lowest BCUT2D eigenvalue weighted by Gasteiger charge is -2.00. The number of ketones is 2. The first-order valence-corrected chi connectivity index (χ1v) is 10.8. The number of rotatable bonds is 2. The minimum absolute atomic E-state index is 0.208. The lowest BCUT2D eigenvalue weighted by molar-refractivity contribution is 0.0990. The Hall–Kier alpha value is -3.28. The molecule has 0 aliphatic heterocycles. The quantitative estimate of drug-likeness (QED) is 0.236. The Bertz CT molecular complexity index is 1390. The fourth-order valence-electron chi connectivity index (χ4n) is 3.75. The predicted octanol–water partition coefficient (Wildman–Crippen LogP) is 6.84. The van der Waals surface area contributed by atoms with E-state index in [1.807, 2.05) is 66.0 Å². The highest BCUT2D eigenvalue weighted by Gasteiger charge is 2.33. The average Bonchev–Trinajstić information content (AvgIpc) is 3.48. The summed E-state index contributed by atoms with van der Waals surface area (Å²) in [6, 6.07) is 19.3. The minimum atomic E-state index is -0.208. The second-order valence-electron chi connectivity index (χ2n) is 6.93. The van der Waals surface area contributed by atoms with Crippen LogP contribution in [0.2, 0.25) is 0 Å². The summed E-state index contributed by atoms with van der Waals surface area (Å²) in [5, 5.41) is 3.94. The Balaban J connectivity index is 1.41. The minimum Gasteiger partial charge on any atom is -0.454 e. The van der Waals surface area contributed by atoms with Crippen molar-refractivity contribution in [1.29, 1.82) is 0 Å². The topological polar surface area (TPSA) is 47.3 Å². The van der Waals surface area contributed by atoms with Crippen molar-refractivity contribution >= 4 is 61.4 Å². The number of fused-ring (bicyclic) bond motifs is 3. The lowest BCUT2D eigenvalue weighted by atomic mass is 10.0. The summed E-state index contributed by atoms with van der Waals surface area (Å²) in [4.78, 5) is 27.7. The van der Waals surface area contributed by atoms with Crippen molar-refractivity contribution in [2.24, 2.45) is 0 Å². The molecule has 0 fully saturated rings. The molecular formula is C24H12O3S2. The predicted molar refractivity (Wildman–Crippen MR) is 118 cm³/mol. The van der Waals surface area contributed by atoms with Crippen LogP contribution in [0.3, 0.4) is 0 Å². The second-order valence-corrected chi connectivity index (χ2v) is 8.99. The largest absolute Gasteiger partial charge is 0.454 e. The molecular weight excluding hydrogens is 400 g/mol. The van der Waals surface area contributed by atoms with E-state index in [0.29, 0.717) is 11.1 Å². The maximum Gasteiger partial charge on any atom is 0.197 e. The van der Waals surface area contributed by atoms with E-state index in [1.165, 1.54) is 11.3 Å². The lowest BCUT2D eigenvalue weighted by Crippen LogP contribution is -1.99. The highest BCUT2D eigenvalue weighted by atomic mass is 32.1. The molecule has 3 nitrogen and oxygen atoms in total. The van der Waals surface area contributed by atoms with Crippen LogP contribution in [0.1, 0.15) is 25.6 Å². The van der Waals surface area contributed by atoms with E-state index in [1.54, 1.807) is 17.4 Å². The first-order valence-electron chi connectivity index (χ1n) is 9.08. The number of carbonyl (C=O) groups excluding carboxylic acids is 2. The van der Waals surface area contributed by atoms with Crippen LogP contribution in [-0.4, -0.2) is 11.6 Å². The number of thiophene rings is 2. The zero-order valence-corrected chi connectivity index (χ0v) is 16.6. The number of Topliss-reactive ketones (excluding diaryl/α,β-unsaturated/α-hetero) is 2. The van der Waals surface area contributed by atoms with Crippen LogP contribution in [0, 0.1) is 0 Å². The molecule has 0 N–H and O–H groups in total. The van der Waals surface area contributed by atoms with Gasteiger partial charge in [-0.3, -0.25) is 9.59 Å². The summed E-state index contributed by atoms with van der Waals surface area (Å²) in [7, 11) is 0. The summed E-state index contributed by atoms with van der Waals surface area (Å²) in [5.41, 5.74) is 1.96. The van der Waals surface area contributed by atoms with Gasteiger partial charge in [-0.25, -0.2) is 0 Å². The molecule has 2 aromatic carbocycles. The van der Waals surface area contributed by atoms with Crippen LogP contribution in [0.5, 0.6) is 0 Å². The van der Waals surface area contributed by atoms with Gasteiger partial charge in [0.05, 0.1) is 15.2 Å². The van der Waals surface area contributed by atoms with Crippen molar-refractivity contribution in [3.63, 3.8) is 0 Å². The first kappa shape index (κ1) is 16.7. The van der Waals surface area contributed by atoms with E-state index in [-0.39, 0.29) is 17.1 Å². The molecule has 0 bridgehead atoms. The second kappa shape index (κ2) is 6.11. The van der Waals surface area contributed by atoms with E-state index in [0.717, 1.165) is 36.6 Å². The first-order chi connectivity index (χ1) is 14.2. The number of benzene rings is 2. The van der Waals surface area contributed by atoms with Crippen LogP contribution >= 0.6 is 22.7 Å². The maximum absolute atomic E-state index is 12.9. The van der Waals surface area contributed by atoms with E-state index < -0.39 is 0 Å². The normalized spacial score (nSPS) is 13.6. The molecule has 0 unspecified atom stereocenters. The highest BCUT2D eigenvalue weighted by molar-refractivity contribution is 7.20. The van der Waals surface area contributed by atoms with Crippen molar-refractivity contribution in [2.75, 3.05) is 0 Å². The van der Waals surface area contributed by atoms with Gasteiger partial charge in [-0.15, -0.1) is 22.7 Å². The third-order valence-electron chi connectivity index (χ3n) is 5.14. The van der Waals surface area contributed by atoms with Gasteiger partial charge in [-0.1, -0.05) is 30.3 Å². The molecule has 5 heteroatoms. The van der Waals surface area contributed by atoms with Gasteiger partial charge in [-0.2, -0.15) is 0 Å². The van der Waals surface area contributed by atoms with E-state index >= 15 is 0 Å². The van der Waals surface area contributed by atoms with Gasteiger partial charge in [0.1, 0.15) is 11.3 Å². The average molecular weight is 412 g/mol. The Morgan fingerprint density at radius 3 is 2.17 bits per heavy atom. The Labute approximate surface area is 173 Å². The smallest absolute Gasteiger partial charge is 0.197 e. The molecule has 3 heterocycles. The van der Waals surface area contributed by atoms with Gasteiger partial charge in [-0.05, 0) is 46.5 Å². The number of hydrogen-bond donors (Lipinski definition) is 0. The third kappa shape index (κ3) is 2.55. The van der Waals surface area contributed by atoms with Crippen LogP contribution in [0.4, 0.5) is 0 Å². The van der Waals surface area contributed by atoms with E-state index in [4.69, 9.17) is 4.42 Å². The molecule has 0 atom stereocenters. The van der Waals surface area contributed by atoms with E-state index in [2.05, 4.69) is 0 Å². The number of hydrogen-bond acceptors (Lipinski definition) is 5. The van der Waals surface area contributed by atoms with Gasteiger partial charge in [0.25, 0.3) is 0 Å². The highest BCUT2D eigenvalue weighted by Crippen LogP contribution is 2.37. The van der Waals surface area contributed by atoms with Gasteiger partial charge in [0.2, 0.25) is 0 Å². The molecule has 0 saturated carbocycles. The molecule has 3 aromatic heterocycles. The molecule has 0 amide bonds. The Kier molecular flexibility index (Phi) is 3.51. The third-order valence-corrected chi connectivity index (χ3v) is 7.04. The van der Waals surface area contributed by atoms with Crippen molar-refractivity contribution in [3.8, 4) is 10.6 Å². The van der Waals surface area contributed by atoms with Crippen molar-refractivity contribution < 1.29 is 14.0 Å². The van der Waals surface area contributed by atoms with Crippen LogP contribution in [0.25, 0.3) is 37.8 Å². The summed E-state index contributed by atoms with van der Waals surface area (Å²) >= 11 is 3.15. The summed E-state index contributed by atoms with van der Waals surface area (Å²) < 4.78 is 6.95. The van der Waals surface area contributed by atoms with E-state index in [9.17, 15) is 9.59 Å². The van der Waals surface area contributed by atoms with Gasteiger partial charge < -0.3 is 4.42 Å². The summed E-state index contributed by atoms with van der Waals surface area (Å²) in [5.74, 6) is 0.424. The fraction of sp³-hybridized carbons (Fsp3) is 0.